The Hall–Kier alpha value is -3.55. The van der Waals surface area contributed by atoms with Crippen LogP contribution in [0.25, 0.3) is 0 Å². The van der Waals surface area contributed by atoms with Crippen LogP contribution < -0.4 is 4.74 Å². The van der Waals surface area contributed by atoms with Gasteiger partial charge in [-0.2, -0.15) is 0 Å². The number of benzene rings is 1. The van der Waals surface area contributed by atoms with E-state index in [9.17, 15) is 9.59 Å². The first-order chi connectivity index (χ1) is 13.8. The van der Waals surface area contributed by atoms with E-state index in [4.69, 9.17) is 18.8 Å². The van der Waals surface area contributed by atoms with Gasteiger partial charge in [-0.25, -0.2) is 4.79 Å². The quantitative estimate of drug-likeness (QED) is 0.646. The molecule has 0 radical (unpaired) electrons. The van der Waals surface area contributed by atoms with Crippen LogP contribution in [0.3, 0.4) is 0 Å². The molecule has 0 saturated carbocycles. The summed E-state index contributed by atoms with van der Waals surface area (Å²) in [5.41, 5.74) is 2.06. The number of nitrogens with zero attached hydrogens (tertiary/aromatic N) is 2. The van der Waals surface area contributed by atoms with Gasteiger partial charge < -0.3 is 23.7 Å². The van der Waals surface area contributed by atoms with Crippen molar-refractivity contribution in [3.05, 3.63) is 70.0 Å². The number of furan rings is 1. The molecule has 1 aromatic carbocycles. The molecule has 3 aromatic rings. The fourth-order valence-corrected chi connectivity index (χ4v) is 2.97. The lowest BCUT2D eigenvalue weighted by Gasteiger charge is -2.18. The Balaban J connectivity index is 1.75. The minimum absolute atomic E-state index is 0.0871. The fourth-order valence-electron chi connectivity index (χ4n) is 2.97. The summed E-state index contributed by atoms with van der Waals surface area (Å²) in [6.07, 6.45) is 0. The van der Waals surface area contributed by atoms with Gasteiger partial charge in [-0.1, -0.05) is 17.3 Å². The van der Waals surface area contributed by atoms with Crippen molar-refractivity contribution in [2.24, 2.45) is 0 Å². The van der Waals surface area contributed by atoms with Crippen molar-refractivity contribution in [2.45, 2.75) is 33.9 Å². The zero-order valence-electron chi connectivity index (χ0n) is 16.7. The summed E-state index contributed by atoms with van der Waals surface area (Å²) in [5.74, 6) is 0.466. The number of hydrogen-bond acceptors (Lipinski definition) is 6. The monoisotopic (exact) mass is 398 g/mol. The third-order valence-electron chi connectivity index (χ3n) is 4.61. The number of amides is 1. The van der Waals surface area contributed by atoms with Gasteiger partial charge in [-0.3, -0.25) is 4.79 Å². The van der Waals surface area contributed by atoms with Gasteiger partial charge in [-0.15, -0.1) is 0 Å². The SMILES string of the molecule is Cc1noc(C)c1COc1ccccc1C(=O)N(C)Cc1cc(C(=O)O)c(C)o1. The molecule has 8 nitrogen and oxygen atoms in total. The van der Waals surface area contributed by atoms with Crippen LogP contribution in [0, 0.1) is 20.8 Å². The number of carbonyl (C=O) groups excluding carboxylic acids is 1. The van der Waals surface area contributed by atoms with Crippen LogP contribution in [0.2, 0.25) is 0 Å². The highest BCUT2D eigenvalue weighted by Crippen LogP contribution is 2.24. The van der Waals surface area contributed by atoms with E-state index in [-0.39, 0.29) is 24.6 Å². The molecule has 8 heteroatoms. The van der Waals surface area contributed by atoms with Gasteiger partial charge in [0.15, 0.2) is 0 Å². The number of carboxylic acids is 1. The van der Waals surface area contributed by atoms with E-state index in [1.54, 1.807) is 45.2 Å². The normalized spacial score (nSPS) is 10.8. The van der Waals surface area contributed by atoms with E-state index in [0.717, 1.165) is 11.3 Å². The van der Waals surface area contributed by atoms with Crippen molar-refractivity contribution in [1.82, 2.24) is 10.1 Å². The highest BCUT2D eigenvalue weighted by molar-refractivity contribution is 5.96. The predicted molar refractivity (Wildman–Crippen MR) is 103 cm³/mol. The summed E-state index contributed by atoms with van der Waals surface area (Å²) in [6, 6.07) is 8.37. The molecular weight excluding hydrogens is 376 g/mol. The van der Waals surface area contributed by atoms with Gasteiger partial charge in [0.1, 0.15) is 35.2 Å². The summed E-state index contributed by atoms with van der Waals surface area (Å²) in [7, 11) is 1.62. The fraction of sp³-hybridized carbons (Fsp3) is 0.286. The molecule has 0 unspecified atom stereocenters. The highest BCUT2D eigenvalue weighted by atomic mass is 16.5. The Labute approximate surface area is 167 Å². The summed E-state index contributed by atoms with van der Waals surface area (Å²) in [4.78, 5) is 25.6. The zero-order chi connectivity index (χ0) is 21.1. The van der Waals surface area contributed by atoms with Crippen LogP contribution in [0.5, 0.6) is 5.75 Å². The van der Waals surface area contributed by atoms with Crippen LogP contribution >= 0.6 is 0 Å². The van der Waals surface area contributed by atoms with E-state index < -0.39 is 5.97 Å². The molecule has 2 heterocycles. The van der Waals surface area contributed by atoms with Gasteiger partial charge in [0.05, 0.1) is 23.4 Å². The largest absolute Gasteiger partial charge is 0.488 e. The topological polar surface area (TPSA) is 106 Å². The van der Waals surface area contributed by atoms with Crippen molar-refractivity contribution < 1.29 is 28.4 Å². The van der Waals surface area contributed by atoms with Gasteiger partial charge in [0.2, 0.25) is 0 Å². The Morgan fingerprint density at radius 1 is 1.14 bits per heavy atom. The summed E-state index contributed by atoms with van der Waals surface area (Å²) < 4.78 is 16.5. The number of ether oxygens (including phenoxy) is 1. The summed E-state index contributed by atoms with van der Waals surface area (Å²) in [6.45, 7) is 5.57. The first-order valence-corrected chi connectivity index (χ1v) is 8.99. The molecule has 1 amide bonds. The van der Waals surface area contributed by atoms with Crippen molar-refractivity contribution in [1.29, 1.82) is 0 Å². The van der Waals surface area contributed by atoms with Crippen LogP contribution in [-0.4, -0.2) is 34.1 Å². The Morgan fingerprint density at radius 2 is 1.86 bits per heavy atom. The molecule has 152 valence electrons. The number of aromatic nitrogens is 1. The maximum Gasteiger partial charge on any atom is 0.339 e. The number of rotatable bonds is 7. The van der Waals surface area contributed by atoms with E-state index in [0.29, 0.717) is 28.6 Å². The second-order valence-corrected chi connectivity index (χ2v) is 6.74. The average Bonchev–Trinajstić information content (AvgIpc) is 3.21. The standard InChI is InChI=1S/C21H22N2O6/c1-12-18(14(3)29-22-12)11-27-19-8-6-5-7-16(19)20(24)23(4)10-15-9-17(21(25)26)13(2)28-15/h5-9H,10-11H2,1-4H3,(H,25,26). The smallest absolute Gasteiger partial charge is 0.339 e. The molecule has 0 bridgehead atoms. The minimum Gasteiger partial charge on any atom is -0.488 e. The lowest BCUT2D eigenvalue weighted by molar-refractivity contribution is 0.0694. The number of carbonyl (C=O) groups is 2. The molecular formula is C21H22N2O6. The lowest BCUT2D eigenvalue weighted by atomic mass is 10.1. The maximum absolute atomic E-state index is 12.9. The molecule has 0 aliphatic rings. The summed E-state index contributed by atoms with van der Waals surface area (Å²) in [5, 5.41) is 13.0. The van der Waals surface area contributed by atoms with Crippen LogP contribution in [0.1, 0.15) is 49.3 Å². The lowest BCUT2D eigenvalue weighted by Crippen LogP contribution is -2.26. The third kappa shape index (κ3) is 4.31. The van der Waals surface area contributed by atoms with Gasteiger partial charge in [0.25, 0.3) is 5.91 Å². The van der Waals surface area contributed by atoms with E-state index in [1.807, 2.05) is 6.92 Å². The number of carboxylic acid groups (broad SMARTS) is 1. The van der Waals surface area contributed by atoms with Crippen LogP contribution in [-0.2, 0) is 13.2 Å². The van der Waals surface area contributed by atoms with E-state index in [1.165, 1.54) is 11.0 Å². The molecule has 0 aliphatic heterocycles. The maximum atomic E-state index is 12.9. The first kappa shape index (κ1) is 20.2. The molecule has 0 aliphatic carbocycles. The highest BCUT2D eigenvalue weighted by Gasteiger charge is 2.20. The first-order valence-electron chi connectivity index (χ1n) is 8.99. The second-order valence-electron chi connectivity index (χ2n) is 6.74. The molecule has 1 N–H and O–H groups in total. The van der Waals surface area contributed by atoms with Crippen molar-refractivity contribution >= 4 is 11.9 Å². The molecule has 3 rings (SSSR count). The zero-order valence-corrected chi connectivity index (χ0v) is 16.7. The predicted octanol–water partition coefficient (Wildman–Crippen LogP) is 3.74. The number of aryl methyl sites for hydroxylation is 3. The number of aromatic carboxylic acids is 1. The van der Waals surface area contributed by atoms with E-state index >= 15 is 0 Å². The summed E-state index contributed by atoms with van der Waals surface area (Å²) >= 11 is 0. The number of para-hydroxylation sites is 1. The Morgan fingerprint density at radius 3 is 2.48 bits per heavy atom. The molecule has 0 atom stereocenters. The number of hydrogen-bond donors (Lipinski definition) is 1. The van der Waals surface area contributed by atoms with Crippen molar-refractivity contribution in [2.75, 3.05) is 7.05 Å². The van der Waals surface area contributed by atoms with Gasteiger partial charge in [0, 0.05) is 7.05 Å². The third-order valence-corrected chi connectivity index (χ3v) is 4.61. The Kier molecular flexibility index (Phi) is 5.72. The molecule has 0 fully saturated rings. The van der Waals surface area contributed by atoms with Crippen LogP contribution in [0.15, 0.2) is 39.3 Å². The van der Waals surface area contributed by atoms with Crippen LogP contribution in [0.4, 0.5) is 0 Å². The molecule has 0 spiro atoms. The average molecular weight is 398 g/mol. The van der Waals surface area contributed by atoms with Crippen molar-refractivity contribution in [3.8, 4) is 5.75 Å². The molecule has 0 saturated heterocycles. The van der Waals surface area contributed by atoms with Crippen molar-refractivity contribution in [3.63, 3.8) is 0 Å². The van der Waals surface area contributed by atoms with E-state index in [2.05, 4.69) is 5.16 Å². The molecule has 2 aromatic heterocycles. The molecule has 29 heavy (non-hydrogen) atoms. The van der Waals surface area contributed by atoms with Gasteiger partial charge in [-0.05, 0) is 39.0 Å². The minimum atomic E-state index is -1.07. The Bertz CT molecular complexity index is 1030. The second kappa shape index (κ2) is 8.22. The van der Waals surface area contributed by atoms with Gasteiger partial charge >= 0.3 is 5.97 Å².